The minimum atomic E-state index is -0.907. The van der Waals surface area contributed by atoms with Crippen molar-refractivity contribution in [2.24, 2.45) is 5.41 Å². The molecular formula is C21H24Cl2N2O3. The lowest BCUT2D eigenvalue weighted by molar-refractivity contribution is 0.0746. The van der Waals surface area contributed by atoms with Gasteiger partial charge >= 0.3 is 6.09 Å². The number of carbonyl (C=O) groups is 1. The van der Waals surface area contributed by atoms with Gasteiger partial charge in [-0.1, -0.05) is 29.3 Å². The summed E-state index contributed by atoms with van der Waals surface area (Å²) in [6, 6.07) is 7.21. The van der Waals surface area contributed by atoms with E-state index in [-0.39, 0.29) is 5.41 Å². The maximum atomic E-state index is 11.6. The number of hydrogen-bond donors (Lipinski definition) is 1. The number of pyridine rings is 1. The van der Waals surface area contributed by atoms with Gasteiger partial charge in [0.1, 0.15) is 5.75 Å². The molecule has 0 atom stereocenters. The summed E-state index contributed by atoms with van der Waals surface area (Å²) in [4.78, 5) is 17.4. The summed E-state index contributed by atoms with van der Waals surface area (Å²) in [5.74, 6) is 0.609. The molecule has 0 spiro atoms. The molecular weight excluding hydrogens is 399 g/mol. The second-order valence-corrected chi connectivity index (χ2v) is 9.15. The molecule has 0 radical (unpaired) electrons. The van der Waals surface area contributed by atoms with Gasteiger partial charge in [-0.3, -0.25) is 4.98 Å². The van der Waals surface area contributed by atoms with Crippen molar-refractivity contribution in [3.8, 4) is 16.9 Å². The van der Waals surface area contributed by atoms with Crippen LogP contribution in [0.2, 0.25) is 10.0 Å². The van der Waals surface area contributed by atoms with Gasteiger partial charge in [0, 0.05) is 44.9 Å². The van der Waals surface area contributed by atoms with Gasteiger partial charge < -0.3 is 14.7 Å². The highest BCUT2D eigenvalue weighted by Gasteiger charge is 2.47. The first-order chi connectivity index (χ1) is 13.1. The van der Waals surface area contributed by atoms with Crippen LogP contribution in [-0.2, 0) is 0 Å². The minimum absolute atomic E-state index is 0.149. The fourth-order valence-corrected chi connectivity index (χ4v) is 3.71. The van der Waals surface area contributed by atoms with Gasteiger partial charge in [-0.15, -0.1) is 0 Å². The van der Waals surface area contributed by atoms with E-state index in [0.717, 1.165) is 24.0 Å². The summed E-state index contributed by atoms with van der Waals surface area (Å²) >= 11 is 12.6. The van der Waals surface area contributed by atoms with E-state index in [1.807, 2.05) is 26.8 Å². The predicted molar refractivity (Wildman–Crippen MR) is 111 cm³/mol. The van der Waals surface area contributed by atoms with Crippen molar-refractivity contribution >= 4 is 29.3 Å². The van der Waals surface area contributed by atoms with Crippen LogP contribution in [0, 0.1) is 5.41 Å². The zero-order valence-corrected chi connectivity index (χ0v) is 17.7. The summed E-state index contributed by atoms with van der Waals surface area (Å²) in [6.45, 7) is 6.60. The van der Waals surface area contributed by atoms with Crippen molar-refractivity contribution in [3.05, 3.63) is 46.7 Å². The van der Waals surface area contributed by atoms with E-state index in [1.54, 1.807) is 30.6 Å². The number of rotatable bonds is 6. The molecule has 1 aliphatic rings. The Kier molecular flexibility index (Phi) is 5.78. The number of amides is 1. The largest absolute Gasteiger partial charge is 0.491 e. The van der Waals surface area contributed by atoms with Gasteiger partial charge in [0.2, 0.25) is 0 Å². The number of nitrogens with zero attached hydrogens (tertiary/aromatic N) is 2. The molecule has 150 valence electrons. The predicted octanol–water partition coefficient (Wildman–Crippen LogP) is 5.99. The molecule has 1 amide bonds. The van der Waals surface area contributed by atoms with Crippen LogP contribution >= 0.6 is 23.2 Å². The standard InChI is InChI=1S/C21H24Cl2N2O3/c1-20(2,3)25(19(26)27)12-21(7-8-21)13-28-15-9-14(10-24-11-15)18-16(22)5-4-6-17(18)23/h4-6,9-11H,7-8,12-13H2,1-3H3,(H,26,27). The van der Waals surface area contributed by atoms with Gasteiger partial charge in [-0.25, -0.2) is 4.79 Å². The van der Waals surface area contributed by atoms with E-state index in [9.17, 15) is 9.90 Å². The molecule has 1 aromatic heterocycles. The Morgan fingerprint density at radius 2 is 1.89 bits per heavy atom. The van der Waals surface area contributed by atoms with Crippen LogP contribution < -0.4 is 4.74 Å². The van der Waals surface area contributed by atoms with Gasteiger partial charge in [0.15, 0.2) is 0 Å². The van der Waals surface area contributed by atoms with E-state index < -0.39 is 11.6 Å². The maximum absolute atomic E-state index is 11.6. The Labute approximate surface area is 175 Å². The molecule has 0 bridgehead atoms. The Morgan fingerprint density at radius 3 is 2.43 bits per heavy atom. The molecule has 28 heavy (non-hydrogen) atoms. The molecule has 1 aromatic carbocycles. The number of aromatic nitrogens is 1. The Bertz CT molecular complexity index is 856. The lowest BCUT2D eigenvalue weighted by Crippen LogP contribution is -2.48. The van der Waals surface area contributed by atoms with Gasteiger partial charge in [-0.2, -0.15) is 0 Å². The highest BCUT2D eigenvalue weighted by molar-refractivity contribution is 6.39. The van der Waals surface area contributed by atoms with Crippen LogP contribution in [-0.4, -0.2) is 39.8 Å². The van der Waals surface area contributed by atoms with Crippen LogP contribution in [0.5, 0.6) is 5.75 Å². The van der Waals surface area contributed by atoms with Crippen molar-refractivity contribution in [1.29, 1.82) is 0 Å². The van der Waals surface area contributed by atoms with Crippen LogP contribution in [0.1, 0.15) is 33.6 Å². The topological polar surface area (TPSA) is 62.7 Å². The van der Waals surface area contributed by atoms with Crippen LogP contribution in [0.25, 0.3) is 11.1 Å². The first kappa shape index (κ1) is 20.7. The van der Waals surface area contributed by atoms with Crippen molar-refractivity contribution in [2.75, 3.05) is 13.2 Å². The lowest BCUT2D eigenvalue weighted by Gasteiger charge is -2.36. The average Bonchev–Trinajstić information content (AvgIpc) is 3.37. The van der Waals surface area contributed by atoms with Gasteiger partial charge in [-0.05, 0) is 51.8 Å². The minimum Gasteiger partial charge on any atom is -0.491 e. The number of hydrogen-bond acceptors (Lipinski definition) is 3. The molecule has 1 aliphatic carbocycles. The van der Waals surface area contributed by atoms with Gasteiger partial charge in [0.25, 0.3) is 0 Å². The summed E-state index contributed by atoms with van der Waals surface area (Å²) in [5, 5.41) is 10.6. The molecule has 7 heteroatoms. The highest BCUT2D eigenvalue weighted by Crippen LogP contribution is 2.47. The maximum Gasteiger partial charge on any atom is 0.407 e. The highest BCUT2D eigenvalue weighted by atomic mass is 35.5. The van der Waals surface area contributed by atoms with Gasteiger partial charge in [0.05, 0.1) is 12.8 Å². The fourth-order valence-electron chi connectivity index (χ4n) is 3.10. The summed E-state index contributed by atoms with van der Waals surface area (Å²) < 4.78 is 6.00. The average molecular weight is 423 g/mol. The van der Waals surface area contributed by atoms with Crippen LogP contribution in [0.4, 0.5) is 4.79 Å². The van der Waals surface area contributed by atoms with E-state index in [4.69, 9.17) is 27.9 Å². The molecule has 1 saturated carbocycles. The molecule has 1 N–H and O–H groups in total. The van der Waals surface area contributed by atoms with Crippen molar-refractivity contribution in [3.63, 3.8) is 0 Å². The molecule has 0 aliphatic heterocycles. The summed E-state index contributed by atoms with van der Waals surface area (Å²) in [5.41, 5.74) is 0.891. The zero-order chi connectivity index (χ0) is 20.5. The van der Waals surface area contributed by atoms with E-state index in [1.165, 1.54) is 4.90 Å². The molecule has 1 fully saturated rings. The van der Waals surface area contributed by atoms with Crippen LogP contribution in [0.15, 0.2) is 36.7 Å². The number of benzene rings is 1. The van der Waals surface area contributed by atoms with E-state index in [2.05, 4.69) is 4.98 Å². The van der Waals surface area contributed by atoms with Crippen LogP contribution in [0.3, 0.4) is 0 Å². The smallest absolute Gasteiger partial charge is 0.407 e. The summed E-state index contributed by atoms with van der Waals surface area (Å²) in [6.07, 6.45) is 4.31. The number of ether oxygens (including phenoxy) is 1. The normalized spacial score (nSPS) is 15.2. The second-order valence-electron chi connectivity index (χ2n) is 8.33. The molecule has 0 unspecified atom stereocenters. The third-order valence-electron chi connectivity index (χ3n) is 5.00. The first-order valence-corrected chi connectivity index (χ1v) is 9.90. The fraction of sp³-hybridized carbons (Fsp3) is 0.429. The second kappa shape index (κ2) is 7.80. The van der Waals surface area contributed by atoms with Crippen molar-refractivity contribution in [2.45, 2.75) is 39.2 Å². The Balaban J connectivity index is 1.73. The SMILES string of the molecule is CC(C)(C)N(CC1(COc2cncc(-c3c(Cl)cccc3Cl)c2)CC1)C(=O)O. The molecule has 3 rings (SSSR count). The first-order valence-electron chi connectivity index (χ1n) is 9.14. The number of carboxylic acid groups (broad SMARTS) is 1. The molecule has 5 nitrogen and oxygen atoms in total. The van der Waals surface area contributed by atoms with Crippen molar-refractivity contribution in [1.82, 2.24) is 9.88 Å². The number of halogens is 2. The quantitative estimate of drug-likeness (QED) is 0.620. The molecule has 0 saturated heterocycles. The molecule has 1 heterocycles. The van der Waals surface area contributed by atoms with Crippen molar-refractivity contribution < 1.29 is 14.6 Å². The Hall–Kier alpha value is -1.98. The zero-order valence-electron chi connectivity index (χ0n) is 16.2. The third kappa shape index (κ3) is 4.70. The monoisotopic (exact) mass is 422 g/mol. The van der Waals surface area contributed by atoms with E-state index in [0.29, 0.717) is 28.9 Å². The lowest BCUT2D eigenvalue weighted by atomic mass is 10.0. The summed E-state index contributed by atoms with van der Waals surface area (Å²) in [7, 11) is 0. The van der Waals surface area contributed by atoms with E-state index >= 15 is 0 Å². The third-order valence-corrected chi connectivity index (χ3v) is 5.63. The molecule has 2 aromatic rings. The Morgan fingerprint density at radius 1 is 1.25 bits per heavy atom.